The summed E-state index contributed by atoms with van der Waals surface area (Å²) in [5.74, 6) is -0.116. The second-order valence-electron chi connectivity index (χ2n) is 4.54. The van der Waals surface area contributed by atoms with Gasteiger partial charge in [-0.2, -0.15) is 0 Å². The standard InChI is InChI=1S/C12H15BrFNO2S/c1-9-8-18(16,17)6-5-15(9)12-10(7-13)3-2-4-11(12)14/h2-4,9H,5-8H2,1H3. The fourth-order valence-corrected chi connectivity index (χ4v) is 4.33. The van der Waals surface area contributed by atoms with Crippen LogP contribution in [0.25, 0.3) is 0 Å². The summed E-state index contributed by atoms with van der Waals surface area (Å²) in [6, 6.07) is 4.74. The van der Waals surface area contributed by atoms with Crippen LogP contribution in [0, 0.1) is 5.82 Å². The minimum Gasteiger partial charge on any atom is -0.364 e. The van der Waals surface area contributed by atoms with Crippen LogP contribution in [0.15, 0.2) is 18.2 Å². The molecule has 1 unspecified atom stereocenters. The second kappa shape index (κ2) is 5.17. The lowest BCUT2D eigenvalue weighted by Crippen LogP contribution is -2.47. The molecule has 0 aromatic heterocycles. The lowest BCUT2D eigenvalue weighted by Gasteiger charge is -2.36. The summed E-state index contributed by atoms with van der Waals surface area (Å²) in [7, 11) is -2.98. The Bertz CT molecular complexity index is 547. The molecule has 1 aliphatic heterocycles. The summed E-state index contributed by atoms with van der Waals surface area (Å²) in [6.45, 7) is 2.17. The summed E-state index contributed by atoms with van der Waals surface area (Å²) in [4.78, 5) is 1.85. The molecule has 0 bridgehead atoms. The number of hydrogen-bond acceptors (Lipinski definition) is 3. The number of anilines is 1. The first kappa shape index (κ1) is 13.8. The molecule has 1 atom stereocenters. The van der Waals surface area contributed by atoms with Gasteiger partial charge < -0.3 is 4.90 Å². The highest BCUT2D eigenvalue weighted by atomic mass is 79.9. The summed E-state index contributed by atoms with van der Waals surface area (Å²) >= 11 is 3.34. The van der Waals surface area contributed by atoms with E-state index in [2.05, 4.69) is 15.9 Å². The normalized spacial score (nSPS) is 23.1. The van der Waals surface area contributed by atoms with Crippen LogP contribution < -0.4 is 4.90 Å². The van der Waals surface area contributed by atoms with Gasteiger partial charge in [0.05, 0.1) is 17.2 Å². The average Bonchev–Trinajstić information content (AvgIpc) is 2.29. The van der Waals surface area contributed by atoms with Crippen molar-refractivity contribution in [3.05, 3.63) is 29.6 Å². The quantitative estimate of drug-likeness (QED) is 0.778. The van der Waals surface area contributed by atoms with E-state index in [4.69, 9.17) is 0 Å². The Labute approximate surface area is 115 Å². The zero-order valence-corrected chi connectivity index (χ0v) is 12.5. The lowest BCUT2D eigenvalue weighted by atomic mass is 10.1. The van der Waals surface area contributed by atoms with Gasteiger partial charge in [0, 0.05) is 17.9 Å². The number of halogens is 2. The highest BCUT2D eigenvalue weighted by molar-refractivity contribution is 9.08. The fourth-order valence-electron chi connectivity index (χ4n) is 2.32. The zero-order valence-electron chi connectivity index (χ0n) is 10.1. The van der Waals surface area contributed by atoms with E-state index in [1.54, 1.807) is 6.07 Å². The molecular weight excluding hydrogens is 321 g/mol. The highest BCUT2D eigenvalue weighted by Crippen LogP contribution is 2.30. The molecule has 2 rings (SSSR count). The molecule has 0 radical (unpaired) electrons. The fraction of sp³-hybridized carbons (Fsp3) is 0.500. The van der Waals surface area contributed by atoms with Crippen molar-refractivity contribution >= 4 is 31.5 Å². The smallest absolute Gasteiger partial charge is 0.154 e. The third kappa shape index (κ3) is 2.69. The molecule has 1 aromatic carbocycles. The minimum absolute atomic E-state index is 0.0864. The van der Waals surface area contributed by atoms with Crippen molar-refractivity contribution in [2.45, 2.75) is 18.3 Å². The SMILES string of the molecule is CC1CS(=O)(=O)CCN1c1c(F)cccc1CBr. The Morgan fingerprint density at radius 1 is 1.50 bits per heavy atom. The van der Waals surface area contributed by atoms with Gasteiger partial charge in [-0.1, -0.05) is 28.1 Å². The van der Waals surface area contributed by atoms with E-state index < -0.39 is 9.84 Å². The van der Waals surface area contributed by atoms with Gasteiger partial charge in [0.15, 0.2) is 9.84 Å². The Balaban J connectivity index is 2.38. The van der Waals surface area contributed by atoms with E-state index in [-0.39, 0.29) is 23.4 Å². The van der Waals surface area contributed by atoms with E-state index in [0.717, 1.165) is 5.56 Å². The van der Waals surface area contributed by atoms with Gasteiger partial charge in [0.2, 0.25) is 0 Å². The molecule has 1 saturated heterocycles. The molecular formula is C12H15BrFNO2S. The van der Waals surface area contributed by atoms with Crippen LogP contribution in [0.3, 0.4) is 0 Å². The van der Waals surface area contributed by atoms with Crippen LogP contribution in [0.4, 0.5) is 10.1 Å². The average molecular weight is 336 g/mol. The Hall–Kier alpha value is -0.620. The molecule has 0 spiro atoms. The molecule has 3 nitrogen and oxygen atoms in total. The van der Waals surface area contributed by atoms with Gasteiger partial charge in [0.1, 0.15) is 5.82 Å². The van der Waals surface area contributed by atoms with Gasteiger partial charge in [-0.05, 0) is 18.6 Å². The maximum atomic E-state index is 14.0. The van der Waals surface area contributed by atoms with Gasteiger partial charge >= 0.3 is 0 Å². The third-order valence-corrected chi connectivity index (χ3v) is 5.57. The number of hydrogen-bond donors (Lipinski definition) is 0. The summed E-state index contributed by atoms with van der Waals surface area (Å²) in [5.41, 5.74) is 1.37. The molecule has 6 heteroatoms. The number of sulfone groups is 1. The van der Waals surface area contributed by atoms with Gasteiger partial charge in [-0.25, -0.2) is 12.8 Å². The van der Waals surface area contributed by atoms with E-state index in [9.17, 15) is 12.8 Å². The van der Waals surface area contributed by atoms with Crippen molar-refractivity contribution in [1.29, 1.82) is 0 Å². The van der Waals surface area contributed by atoms with Crippen molar-refractivity contribution < 1.29 is 12.8 Å². The summed E-state index contributed by atoms with van der Waals surface area (Å²) in [6.07, 6.45) is 0. The van der Waals surface area contributed by atoms with Crippen molar-refractivity contribution in [2.24, 2.45) is 0 Å². The Morgan fingerprint density at radius 2 is 2.22 bits per heavy atom. The van der Waals surface area contributed by atoms with Crippen LogP contribution >= 0.6 is 15.9 Å². The van der Waals surface area contributed by atoms with Crippen molar-refractivity contribution in [2.75, 3.05) is 23.0 Å². The minimum atomic E-state index is -2.98. The maximum Gasteiger partial charge on any atom is 0.154 e. The number of nitrogens with zero attached hydrogens (tertiary/aromatic N) is 1. The van der Waals surface area contributed by atoms with E-state index in [0.29, 0.717) is 17.6 Å². The third-order valence-electron chi connectivity index (χ3n) is 3.17. The number of benzene rings is 1. The number of para-hydroxylation sites is 1. The van der Waals surface area contributed by atoms with Crippen LogP contribution in [0.2, 0.25) is 0 Å². The molecule has 1 fully saturated rings. The molecule has 1 aliphatic rings. The second-order valence-corrected chi connectivity index (χ2v) is 7.33. The molecule has 1 aromatic rings. The zero-order chi connectivity index (χ0) is 13.3. The van der Waals surface area contributed by atoms with E-state index in [1.807, 2.05) is 17.9 Å². The molecule has 0 saturated carbocycles. The maximum absolute atomic E-state index is 14.0. The van der Waals surface area contributed by atoms with Crippen molar-refractivity contribution in [3.8, 4) is 0 Å². The predicted octanol–water partition coefficient (Wildman–Crippen LogP) is 2.34. The van der Waals surface area contributed by atoms with Crippen LogP contribution in [0.5, 0.6) is 0 Å². The number of rotatable bonds is 2. The van der Waals surface area contributed by atoms with Gasteiger partial charge in [0.25, 0.3) is 0 Å². The lowest BCUT2D eigenvalue weighted by molar-refractivity contribution is 0.558. The summed E-state index contributed by atoms with van der Waals surface area (Å²) < 4.78 is 37.1. The largest absolute Gasteiger partial charge is 0.364 e. The van der Waals surface area contributed by atoms with Gasteiger partial charge in [-0.3, -0.25) is 0 Å². The van der Waals surface area contributed by atoms with Crippen LogP contribution in [0.1, 0.15) is 12.5 Å². The molecule has 18 heavy (non-hydrogen) atoms. The predicted molar refractivity (Wildman–Crippen MR) is 74.5 cm³/mol. The molecule has 0 aliphatic carbocycles. The molecule has 0 N–H and O–H groups in total. The first-order valence-corrected chi connectivity index (χ1v) is 8.69. The summed E-state index contributed by atoms with van der Waals surface area (Å²) in [5, 5.41) is 0.552. The van der Waals surface area contributed by atoms with Crippen LogP contribution in [-0.4, -0.2) is 32.5 Å². The van der Waals surface area contributed by atoms with E-state index >= 15 is 0 Å². The van der Waals surface area contributed by atoms with Crippen molar-refractivity contribution in [3.63, 3.8) is 0 Å². The van der Waals surface area contributed by atoms with Gasteiger partial charge in [-0.15, -0.1) is 0 Å². The first-order chi connectivity index (χ1) is 8.44. The van der Waals surface area contributed by atoms with Crippen LogP contribution in [-0.2, 0) is 15.2 Å². The van der Waals surface area contributed by atoms with Crippen molar-refractivity contribution in [1.82, 2.24) is 0 Å². The topological polar surface area (TPSA) is 37.4 Å². The molecule has 0 amide bonds. The first-order valence-electron chi connectivity index (χ1n) is 5.75. The highest BCUT2D eigenvalue weighted by Gasteiger charge is 2.30. The molecule has 1 heterocycles. The Kier molecular flexibility index (Phi) is 3.96. The molecule has 100 valence electrons. The monoisotopic (exact) mass is 335 g/mol. The Morgan fingerprint density at radius 3 is 2.83 bits per heavy atom. The van der Waals surface area contributed by atoms with E-state index in [1.165, 1.54) is 6.07 Å². The number of alkyl halides is 1.